The summed E-state index contributed by atoms with van der Waals surface area (Å²) in [5.74, 6) is 0. The van der Waals surface area contributed by atoms with Crippen LogP contribution in [-0.4, -0.2) is 12.6 Å². The van der Waals surface area contributed by atoms with Crippen LogP contribution in [0.4, 0.5) is 10.5 Å². The quantitative estimate of drug-likeness (QED) is 0.811. The maximum atomic E-state index is 12.2. The molecule has 0 saturated carbocycles. The van der Waals surface area contributed by atoms with Gasteiger partial charge in [-0.2, -0.15) is 0 Å². The van der Waals surface area contributed by atoms with E-state index in [0.717, 1.165) is 24.9 Å². The smallest absolute Gasteiger partial charge is 0.319 e. The molecule has 0 heterocycles. The van der Waals surface area contributed by atoms with Gasteiger partial charge in [-0.05, 0) is 42.9 Å². The van der Waals surface area contributed by atoms with Crippen LogP contribution in [0.3, 0.4) is 0 Å². The van der Waals surface area contributed by atoms with Gasteiger partial charge in [0.05, 0.1) is 0 Å². The number of carbonyl (C=O) groups is 1. The molecule has 0 saturated heterocycles. The van der Waals surface area contributed by atoms with Crippen LogP contribution >= 0.6 is 0 Å². The molecule has 0 bridgehead atoms. The van der Waals surface area contributed by atoms with E-state index in [1.54, 1.807) is 0 Å². The highest BCUT2D eigenvalue weighted by molar-refractivity contribution is 5.91. The number of para-hydroxylation sites is 1. The maximum Gasteiger partial charge on any atom is 0.319 e. The van der Waals surface area contributed by atoms with Crippen molar-refractivity contribution in [3.63, 3.8) is 0 Å². The Bertz CT molecular complexity index is 625. The van der Waals surface area contributed by atoms with Crippen LogP contribution in [-0.2, 0) is 19.3 Å². The van der Waals surface area contributed by atoms with Crippen molar-refractivity contribution in [3.8, 4) is 0 Å². The number of urea groups is 1. The van der Waals surface area contributed by atoms with E-state index < -0.39 is 0 Å². The molecule has 0 aliphatic heterocycles. The maximum absolute atomic E-state index is 12.2. The first-order valence-electron chi connectivity index (χ1n) is 8.35. The van der Waals surface area contributed by atoms with Crippen LogP contribution in [0.2, 0.25) is 0 Å². The summed E-state index contributed by atoms with van der Waals surface area (Å²) in [5, 5.41) is 5.97. The molecule has 2 rings (SSSR count). The second-order valence-corrected chi connectivity index (χ2v) is 5.77. The summed E-state index contributed by atoms with van der Waals surface area (Å²) in [6, 6.07) is 14.5. The number of aryl methyl sites for hydroxylation is 3. The molecule has 0 aromatic heterocycles. The largest absolute Gasteiger partial charge is 0.338 e. The lowest BCUT2D eigenvalue weighted by atomic mass is 10.0. The van der Waals surface area contributed by atoms with Crippen molar-refractivity contribution in [2.45, 2.75) is 40.0 Å². The number of amides is 2. The normalized spacial score (nSPS) is 10.4. The van der Waals surface area contributed by atoms with Crippen molar-refractivity contribution in [2.24, 2.45) is 0 Å². The first-order chi connectivity index (χ1) is 11.1. The van der Waals surface area contributed by atoms with Crippen LogP contribution in [0.25, 0.3) is 0 Å². The molecule has 0 atom stereocenters. The minimum atomic E-state index is -0.132. The van der Waals surface area contributed by atoms with Crippen LogP contribution in [0.1, 0.15) is 36.1 Å². The van der Waals surface area contributed by atoms with E-state index >= 15 is 0 Å². The number of benzene rings is 2. The Kier molecular flexibility index (Phi) is 6.21. The van der Waals surface area contributed by atoms with Gasteiger partial charge in [0.15, 0.2) is 0 Å². The minimum absolute atomic E-state index is 0.132. The standard InChI is InChI=1S/C20H26N2O/c1-4-17-7-6-8-18(5-2)19(17)22-20(23)21-14-13-16-11-9-15(3)10-12-16/h6-12H,4-5,13-14H2,1-3H3,(H2,21,22,23). The van der Waals surface area contributed by atoms with Gasteiger partial charge in [0.25, 0.3) is 0 Å². The number of rotatable bonds is 6. The average Bonchev–Trinajstić information content (AvgIpc) is 2.57. The molecule has 0 unspecified atom stereocenters. The molecule has 3 heteroatoms. The van der Waals surface area contributed by atoms with E-state index in [-0.39, 0.29) is 6.03 Å². The van der Waals surface area contributed by atoms with Crippen molar-refractivity contribution in [2.75, 3.05) is 11.9 Å². The fraction of sp³-hybridized carbons (Fsp3) is 0.350. The third kappa shape index (κ3) is 4.85. The van der Waals surface area contributed by atoms with Gasteiger partial charge in [-0.25, -0.2) is 4.79 Å². The zero-order chi connectivity index (χ0) is 16.7. The van der Waals surface area contributed by atoms with Crippen LogP contribution in [0, 0.1) is 6.92 Å². The second kappa shape index (κ2) is 8.37. The lowest BCUT2D eigenvalue weighted by Crippen LogP contribution is -2.31. The summed E-state index contributed by atoms with van der Waals surface area (Å²) in [7, 11) is 0. The predicted octanol–water partition coefficient (Wildman–Crippen LogP) is 4.48. The summed E-state index contributed by atoms with van der Waals surface area (Å²) >= 11 is 0. The summed E-state index contributed by atoms with van der Waals surface area (Å²) < 4.78 is 0. The van der Waals surface area contributed by atoms with Crippen LogP contribution < -0.4 is 10.6 Å². The van der Waals surface area contributed by atoms with Gasteiger partial charge in [-0.1, -0.05) is 61.9 Å². The molecule has 3 nitrogen and oxygen atoms in total. The van der Waals surface area contributed by atoms with Crippen LogP contribution in [0.15, 0.2) is 42.5 Å². The molecule has 2 aromatic carbocycles. The third-order valence-electron chi connectivity index (χ3n) is 4.06. The molecule has 0 aliphatic rings. The van der Waals surface area contributed by atoms with E-state index in [9.17, 15) is 4.79 Å². The molecule has 2 amide bonds. The van der Waals surface area contributed by atoms with Crippen molar-refractivity contribution in [3.05, 3.63) is 64.7 Å². The van der Waals surface area contributed by atoms with Gasteiger partial charge in [-0.15, -0.1) is 0 Å². The highest BCUT2D eigenvalue weighted by Crippen LogP contribution is 2.22. The molecular weight excluding hydrogens is 284 g/mol. The average molecular weight is 310 g/mol. The van der Waals surface area contributed by atoms with Gasteiger partial charge < -0.3 is 10.6 Å². The van der Waals surface area contributed by atoms with Gasteiger partial charge in [0.1, 0.15) is 0 Å². The highest BCUT2D eigenvalue weighted by atomic mass is 16.2. The van der Waals surface area contributed by atoms with Crippen molar-refractivity contribution >= 4 is 11.7 Å². The second-order valence-electron chi connectivity index (χ2n) is 5.77. The Labute approximate surface area is 139 Å². The SMILES string of the molecule is CCc1cccc(CC)c1NC(=O)NCCc1ccc(C)cc1. The summed E-state index contributed by atoms with van der Waals surface area (Å²) in [4.78, 5) is 12.2. The van der Waals surface area contributed by atoms with E-state index in [2.05, 4.69) is 73.9 Å². The zero-order valence-electron chi connectivity index (χ0n) is 14.3. The number of nitrogens with one attached hydrogen (secondary N) is 2. The molecule has 122 valence electrons. The summed E-state index contributed by atoms with van der Waals surface area (Å²) in [6.45, 7) is 6.92. The van der Waals surface area contributed by atoms with E-state index in [0.29, 0.717) is 6.54 Å². The number of hydrogen-bond donors (Lipinski definition) is 2. The Morgan fingerprint density at radius 2 is 1.57 bits per heavy atom. The molecule has 0 fully saturated rings. The highest BCUT2D eigenvalue weighted by Gasteiger charge is 2.09. The van der Waals surface area contributed by atoms with Crippen molar-refractivity contribution in [1.82, 2.24) is 5.32 Å². The number of anilines is 1. The molecule has 0 aliphatic carbocycles. The Balaban J connectivity index is 1.91. The topological polar surface area (TPSA) is 41.1 Å². The summed E-state index contributed by atoms with van der Waals surface area (Å²) in [5.41, 5.74) is 5.81. The van der Waals surface area contributed by atoms with Crippen LogP contribution in [0.5, 0.6) is 0 Å². The number of carbonyl (C=O) groups excluding carboxylic acids is 1. The predicted molar refractivity (Wildman–Crippen MR) is 97.1 cm³/mol. The number of hydrogen-bond acceptors (Lipinski definition) is 1. The third-order valence-corrected chi connectivity index (χ3v) is 4.06. The Morgan fingerprint density at radius 1 is 0.957 bits per heavy atom. The van der Waals surface area contributed by atoms with Crippen molar-refractivity contribution in [1.29, 1.82) is 0 Å². The Hall–Kier alpha value is -2.29. The molecule has 23 heavy (non-hydrogen) atoms. The molecular formula is C20H26N2O. The first-order valence-corrected chi connectivity index (χ1v) is 8.35. The summed E-state index contributed by atoms with van der Waals surface area (Å²) in [6.07, 6.45) is 2.66. The first kappa shape index (κ1) is 17.1. The van der Waals surface area contributed by atoms with E-state index in [1.807, 2.05) is 0 Å². The monoisotopic (exact) mass is 310 g/mol. The molecule has 2 aromatic rings. The fourth-order valence-corrected chi connectivity index (χ4v) is 2.64. The van der Waals surface area contributed by atoms with Crippen molar-refractivity contribution < 1.29 is 4.79 Å². The minimum Gasteiger partial charge on any atom is -0.338 e. The zero-order valence-corrected chi connectivity index (χ0v) is 14.3. The van der Waals surface area contributed by atoms with Gasteiger partial charge in [-0.3, -0.25) is 0 Å². The molecule has 0 spiro atoms. The van der Waals surface area contributed by atoms with Gasteiger partial charge >= 0.3 is 6.03 Å². The van der Waals surface area contributed by atoms with E-state index in [4.69, 9.17) is 0 Å². The fourth-order valence-electron chi connectivity index (χ4n) is 2.64. The lowest BCUT2D eigenvalue weighted by molar-refractivity contribution is 0.252. The lowest BCUT2D eigenvalue weighted by Gasteiger charge is -2.15. The molecule has 2 N–H and O–H groups in total. The van der Waals surface area contributed by atoms with Gasteiger partial charge in [0, 0.05) is 12.2 Å². The Morgan fingerprint density at radius 3 is 2.13 bits per heavy atom. The van der Waals surface area contributed by atoms with E-state index in [1.165, 1.54) is 22.3 Å². The molecule has 0 radical (unpaired) electrons. The van der Waals surface area contributed by atoms with Gasteiger partial charge in [0.2, 0.25) is 0 Å².